The van der Waals surface area contributed by atoms with Gasteiger partial charge >= 0.3 is 0 Å². The molecule has 1 saturated heterocycles. The molecular weight excluding hydrogens is 402 g/mol. The highest BCUT2D eigenvalue weighted by Crippen LogP contribution is 2.32. The number of ether oxygens (including phenoxy) is 3. The van der Waals surface area contributed by atoms with Crippen molar-refractivity contribution in [3.05, 3.63) is 39.3 Å². The van der Waals surface area contributed by atoms with Crippen LogP contribution in [0.25, 0.3) is 0 Å². The van der Waals surface area contributed by atoms with Gasteiger partial charge in [0, 0.05) is 19.6 Å². The van der Waals surface area contributed by atoms with Gasteiger partial charge in [0.2, 0.25) is 0 Å². The first-order valence-electron chi connectivity index (χ1n) is 10.4. The maximum atomic E-state index is 12.9. The Hall–Kier alpha value is -2.16. The number of hydrogen-bond acceptors (Lipinski definition) is 7. The number of amides is 1. The zero-order chi connectivity index (χ0) is 21.5. The summed E-state index contributed by atoms with van der Waals surface area (Å²) in [4.78, 5) is 20.5. The topological polar surface area (TPSA) is 72.9 Å². The van der Waals surface area contributed by atoms with Gasteiger partial charge in [-0.25, -0.2) is 4.98 Å². The third kappa shape index (κ3) is 5.30. The Kier molecular flexibility index (Phi) is 8.07. The van der Waals surface area contributed by atoms with E-state index < -0.39 is 0 Å². The third-order valence-corrected chi connectivity index (χ3v) is 6.46. The molecule has 164 valence electrons. The van der Waals surface area contributed by atoms with Crippen molar-refractivity contribution in [1.82, 2.24) is 15.2 Å². The van der Waals surface area contributed by atoms with E-state index in [1.807, 2.05) is 25.1 Å². The first-order chi connectivity index (χ1) is 14.6. The molecule has 0 bridgehead atoms. The van der Waals surface area contributed by atoms with E-state index in [-0.39, 0.29) is 11.9 Å². The Morgan fingerprint density at radius 2 is 2.00 bits per heavy atom. The van der Waals surface area contributed by atoms with Gasteiger partial charge in [-0.3, -0.25) is 9.69 Å². The van der Waals surface area contributed by atoms with Crippen LogP contribution in [-0.2, 0) is 11.2 Å². The summed E-state index contributed by atoms with van der Waals surface area (Å²) in [5, 5.41) is 4.15. The van der Waals surface area contributed by atoms with Crippen LogP contribution in [0.5, 0.6) is 11.5 Å². The molecule has 1 aliphatic rings. The van der Waals surface area contributed by atoms with Crippen LogP contribution in [0.2, 0.25) is 0 Å². The van der Waals surface area contributed by atoms with E-state index in [1.165, 1.54) is 11.3 Å². The van der Waals surface area contributed by atoms with Crippen molar-refractivity contribution in [2.75, 3.05) is 47.1 Å². The summed E-state index contributed by atoms with van der Waals surface area (Å²) in [7, 11) is 3.26. The second-order valence-electron chi connectivity index (χ2n) is 7.26. The molecule has 1 atom stereocenters. The van der Waals surface area contributed by atoms with Crippen molar-refractivity contribution in [1.29, 1.82) is 0 Å². The molecule has 0 aliphatic carbocycles. The monoisotopic (exact) mass is 433 g/mol. The summed E-state index contributed by atoms with van der Waals surface area (Å²) in [5.74, 6) is 1.31. The van der Waals surface area contributed by atoms with Crippen LogP contribution in [0.3, 0.4) is 0 Å². The molecule has 2 aromatic rings. The number of aromatic nitrogens is 1. The zero-order valence-corrected chi connectivity index (χ0v) is 19.0. The first-order valence-corrected chi connectivity index (χ1v) is 11.2. The molecule has 0 saturated carbocycles. The van der Waals surface area contributed by atoms with E-state index in [1.54, 1.807) is 14.2 Å². The average molecular weight is 434 g/mol. The van der Waals surface area contributed by atoms with Crippen molar-refractivity contribution < 1.29 is 19.0 Å². The van der Waals surface area contributed by atoms with Crippen LogP contribution in [-0.4, -0.2) is 62.9 Å². The highest BCUT2D eigenvalue weighted by Gasteiger charge is 2.25. The molecule has 7 nitrogen and oxygen atoms in total. The second-order valence-corrected chi connectivity index (χ2v) is 8.34. The van der Waals surface area contributed by atoms with Crippen LogP contribution in [0.15, 0.2) is 18.2 Å². The molecule has 1 aromatic heterocycles. The lowest BCUT2D eigenvalue weighted by Crippen LogP contribution is -2.43. The number of nitrogens with one attached hydrogen (secondary N) is 1. The van der Waals surface area contributed by atoms with Crippen molar-refractivity contribution >= 4 is 17.2 Å². The summed E-state index contributed by atoms with van der Waals surface area (Å²) >= 11 is 1.49. The summed E-state index contributed by atoms with van der Waals surface area (Å²) in [6, 6.07) is 5.95. The Bertz CT molecular complexity index is 849. The standard InChI is InChI=1S/C22H31N3O4S/c1-5-6-20-24-15(2)21(30-20)22(26)23-14-17(25-9-11-29-12-10-25)16-7-8-18(27-3)19(13-16)28-4/h7-8,13,17H,5-6,9-12,14H2,1-4H3,(H,23,26). The van der Waals surface area contributed by atoms with Crippen molar-refractivity contribution in [3.8, 4) is 11.5 Å². The predicted octanol–water partition coefficient (Wildman–Crippen LogP) is 3.22. The first kappa shape index (κ1) is 22.5. The Labute approximate surface area is 182 Å². The molecular formula is C22H31N3O4S. The maximum Gasteiger partial charge on any atom is 0.263 e. The van der Waals surface area contributed by atoms with Gasteiger partial charge in [0.15, 0.2) is 11.5 Å². The zero-order valence-electron chi connectivity index (χ0n) is 18.2. The molecule has 1 aliphatic heterocycles. The van der Waals surface area contributed by atoms with E-state index in [2.05, 4.69) is 22.1 Å². The van der Waals surface area contributed by atoms with Crippen molar-refractivity contribution in [3.63, 3.8) is 0 Å². The molecule has 1 N–H and O–H groups in total. The van der Waals surface area contributed by atoms with Gasteiger partial charge in [-0.05, 0) is 37.5 Å². The fraction of sp³-hybridized carbons (Fsp3) is 0.545. The van der Waals surface area contributed by atoms with Gasteiger partial charge in [0.1, 0.15) is 4.88 Å². The highest BCUT2D eigenvalue weighted by atomic mass is 32.1. The fourth-order valence-electron chi connectivity index (χ4n) is 3.66. The number of morpholine rings is 1. The van der Waals surface area contributed by atoms with Gasteiger partial charge in [-0.1, -0.05) is 13.0 Å². The van der Waals surface area contributed by atoms with Gasteiger partial charge in [-0.2, -0.15) is 0 Å². The molecule has 0 radical (unpaired) electrons. The Morgan fingerprint density at radius 3 is 2.67 bits per heavy atom. The third-order valence-electron chi connectivity index (χ3n) is 5.25. The molecule has 30 heavy (non-hydrogen) atoms. The van der Waals surface area contributed by atoms with E-state index in [0.717, 1.165) is 42.2 Å². The number of carbonyl (C=O) groups is 1. The Balaban J connectivity index is 1.79. The van der Waals surface area contributed by atoms with E-state index in [0.29, 0.717) is 36.1 Å². The molecule has 3 rings (SSSR count). The molecule has 2 heterocycles. The van der Waals surface area contributed by atoms with E-state index in [9.17, 15) is 4.79 Å². The van der Waals surface area contributed by atoms with Crippen LogP contribution in [0.4, 0.5) is 0 Å². The number of rotatable bonds is 9. The minimum atomic E-state index is -0.0638. The molecule has 1 fully saturated rings. The van der Waals surface area contributed by atoms with Crippen molar-refractivity contribution in [2.24, 2.45) is 0 Å². The van der Waals surface area contributed by atoms with Gasteiger partial charge in [0.05, 0.1) is 44.2 Å². The minimum Gasteiger partial charge on any atom is -0.493 e. The molecule has 1 amide bonds. The largest absolute Gasteiger partial charge is 0.493 e. The highest BCUT2D eigenvalue weighted by molar-refractivity contribution is 7.13. The minimum absolute atomic E-state index is 0.0148. The number of nitrogens with zero attached hydrogens (tertiary/aromatic N) is 2. The number of aryl methyl sites for hydroxylation is 2. The fourth-order valence-corrected chi connectivity index (χ4v) is 4.74. The maximum absolute atomic E-state index is 12.9. The van der Waals surface area contributed by atoms with E-state index >= 15 is 0 Å². The number of benzene rings is 1. The summed E-state index contributed by atoms with van der Waals surface area (Å²) in [5.41, 5.74) is 1.87. The SMILES string of the molecule is CCCc1nc(C)c(C(=O)NCC(c2ccc(OC)c(OC)c2)N2CCOCC2)s1. The number of methoxy groups -OCH3 is 2. The van der Waals surface area contributed by atoms with Crippen LogP contribution in [0.1, 0.15) is 45.3 Å². The average Bonchev–Trinajstić information content (AvgIpc) is 3.14. The Morgan fingerprint density at radius 1 is 1.27 bits per heavy atom. The molecule has 1 aromatic carbocycles. The number of thiazole rings is 1. The molecule has 8 heteroatoms. The summed E-state index contributed by atoms with van der Waals surface area (Å²) in [6.07, 6.45) is 1.92. The number of hydrogen-bond donors (Lipinski definition) is 1. The van der Waals surface area contributed by atoms with Crippen molar-refractivity contribution in [2.45, 2.75) is 32.7 Å². The lowest BCUT2D eigenvalue weighted by molar-refractivity contribution is 0.0162. The molecule has 0 spiro atoms. The van der Waals surface area contributed by atoms with Crippen LogP contribution < -0.4 is 14.8 Å². The second kappa shape index (κ2) is 10.7. The van der Waals surface area contributed by atoms with Gasteiger partial charge in [-0.15, -0.1) is 11.3 Å². The predicted molar refractivity (Wildman–Crippen MR) is 118 cm³/mol. The van der Waals surface area contributed by atoms with Crippen LogP contribution >= 0.6 is 11.3 Å². The van der Waals surface area contributed by atoms with E-state index in [4.69, 9.17) is 14.2 Å². The van der Waals surface area contributed by atoms with Crippen LogP contribution in [0, 0.1) is 6.92 Å². The smallest absolute Gasteiger partial charge is 0.263 e. The van der Waals surface area contributed by atoms with Gasteiger partial charge < -0.3 is 19.5 Å². The van der Waals surface area contributed by atoms with Gasteiger partial charge in [0.25, 0.3) is 5.91 Å². The lowest BCUT2D eigenvalue weighted by atomic mass is 10.0. The summed E-state index contributed by atoms with van der Waals surface area (Å²) in [6.45, 7) is 7.52. The summed E-state index contributed by atoms with van der Waals surface area (Å²) < 4.78 is 16.4. The molecule has 1 unspecified atom stereocenters. The lowest BCUT2D eigenvalue weighted by Gasteiger charge is -2.35. The normalized spacial score (nSPS) is 15.6. The quantitative estimate of drug-likeness (QED) is 0.655. The number of carbonyl (C=O) groups excluding carboxylic acids is 1.